The van der Waals surface area contributed by atoms with Gasteiger partial charge in [-0.15, -0.1) is 0 Å². The summed E-state index contributed by atoms with van der Waals surface area (Å²) in [7, 11) is 0. The summed E-state index contributed by atoms with van der Waals surface area (Å²) < 4.78 is 13.4. The molecule has 74 valence electrons. The van der Waals surface area contributed by atoms with Crippen LogP contribution in [0.25, 0.3) is 0 Å². The molecule has 1 aromatic rings. The van der Waals surface area contributed by atoms with Crippen molar-refractivity contribution in [2.45, 2.75) is 26.7 Å². The van der Waals surface area contributed by atoms with Gasteiger partial charge in [0.05, 0.1) is 5.56 Å². The lowest BCUT2D eigenvalue weighted by Gasteiger charge is -2.20. The summed E-state index contributed by atoms with van der Waals surface area (Å²) in [5, 5.41) is 0. The Hall–Kier alpha value is -1.25. The van der Waals surface area contributed by atoms with Gasteiger partial charge in [-0.25, -0.2) is 4.98 Å². The molecule has 0 spiro atoms. The van der Waals surface area contributed by atoms with Gasteiger partial charge < -0.3 is 0 Å². The van der Waals surface area contributed by atoms with Crippen molar-refractivity contribution in [2.24, 2.45) is 5.92 Å². The molecule has 1 atom stereocenters. The summed E-state index contributed by atoms with van der Waals surface area (Å²) in [6, 6.07) is 1.81. The molecule has 1 unspecified atom stereocenters. The molecular weight excluding hydrogens is 181 g/mol. The number of halogens is 1. The van der Waals surface area contributed by atoms with E-state index in [2.05, 4.69) is 4.98 Å². The Balaban J connectivity index is 2.60. The standard InChI is InChI=1S/C11H12FNO/c1-6-3-4-8-5-7(2)13-11(12)9(8)10(6)14/h5-6H,3-4H2,1-2H3. The van der Waals surface area contributed by atoms with Gasteiger partial charge in [0.1, 0.15) is 0 Å². The number of nitrogens with zero attached hydrogens (tertiary/aromatic N) is 1. The van der Waals surface area contributed by atoms with Gasteiger partial charge in [0.2, 0.25) is 5.95 Å². The average molecular weight is 193 g/mol. The first-order valence-electron chi connectivity index (χ1n) is 4.80. The highest BCUT2D eigenvalue weighted by molar-refractivity contribution is 5.99. The summed E-state index contributed by atoms with van der Waals surface area (Å²) >= 11 is 0. The predicted octanol–water partition coefficient (Wildman–Crippen LogP) is 2.29. The van der Waals surface area contributed by atoms with Crippen LogP contribution in [0.5, 0.6) is 0 Å². The van der Waals surface area contributed by atoms with Crippen LogP contribution in [0.4, 0.5) is 4.39 Å². The second-order valence-electron chi connectivity index (χ2n) is 3.89. The zero-order valence-electron chi connectivity index (χ0n) is 8.30. The van der Waals surface area contributed by atoms with Crippen molar-refractivity contribution in [3.05, 3.63) is 28.8 Å². The van der Waals surface area contributed by atoms with Crippen molar-refractivity contribution < 1.29 is 9.18 Å². The number of ketones is 1. The van der Waals surface area contributed by atoms with Crippen LogP contribution in [0.15, 0.2) is 6.07 Å². The Morgan fingerprint density at radius 1 is 1.57 bits per heavy atom. The van der Waals surface area contributed by atoms with Crippen molar-refractivity contribution in [2.75, 3.05) is 0 Å². The molecule has 14 heavy (non-hydrogen) atoms. The molecule has 0 fully saturated rings. The largest absolute Gasteiger partial charge is 0.294 e. The van der Waals surface area contributed by atoms with Crippen LogP contribution in [-0.4, -0.2) is 10.8 Å². The number of hydrogen-bond donors (Lipinski definition) is 0. The summed E-state index contributed by atoms with van der Waals surface area (Å²) in [5.41, 5.74) is 1.68. The van der Waals surface area contributed by atoms with Crippen molar-refractivity contribution >= 4 is 5.78 Å². The van der Waals surface area contributed by atoms with Crippen molar-refractivity contribution in [3.63, 3.8) is 0 Å². The second-order valence-corrected chi connectivity index (χ2v) is 3.89. The highest BCUT2D eigenvalue weighted by atomic mass is 19.1. The molecule has 0 aliphatic heterocycles. The lowest BCUT2D eigenvalue weighted by molar-refractivity contribution is 0.0908. The Morgan fingerprint density at radius 2 is 2.29 bits per heavy atom. The van der Waals surface area contributed by atoms with Crippen molar-refractivity contribution in [1.29, 1.82) is 0 Å². The van der Waals surface area contributed by atoms with E-state index in [9.17, 15) is 9.18 Å². The van der Waals surface area contributed by atoms with E-state index in [1.165, 1.54) is 0 Å². The van der Waals surface area contributed by atoms with Crippen LogP contribution in [0.3, 0.4) is 0 Å². The summed E-state index contributed by atoms with van der Waals surface area (Å²) in [6.07, 6.45) is 1.59. The van der Waals surface area contributed by atoms with E-state index in [0.717, 1.165) is 18.4 Å². The third-order valence-electron chi connectivity index (χ3n) is 2.73. The number of carbonyl (C=O) groups excluding carboxylic acids is 1. The van der Waals surface area contributed by atoms with E-state index in [1.807, 2.05) is 13.0 Å². The van der Waals surface area contributed by atoms with Gasteiger partial charge in [-0.05, 0) is 31.4 Å². The smallest absolute Gasteiger partial charge is 0.224 e. The SMILES string of the molecule is Cc1cc2c(c(F)n1)C(=O)C(C)CC2. The van der Waals surface area contributed by atoms with Gasteiger partial charge in [0.15, 0.2) is 5.78 Å². The molecule has 0 radical (unpaired) electrons. The molecule has 0 aromatic carbocycles. The Morgan fingerprint density at radius 3 is 3.00 bits per heavy atom. The van der Waals surface area contributed by atoms with Crippen LogP contribution in [0.2, 0.25) is 0 Å². The van der Waals surface area contributed by atoms with Crippen molar-refractivity contribution in [1.82, 2.24) is 4.98 Å². The molecule has 2 rings (SSSR count). The van der Waals surface area contributed by atoms with Crippen LogP contribution in [-0.2, 0) is 6.42 Å². The number of hydrogen-bond acceptors (Lipinski definition) is 2. The fraction of sp³-hybridized carbons (Fsp3) is 0.455. The monoisotopic (exact) mass is 193 g/mol. The Kier molecular flexibility index (Phi) is 2.10. The molecule has 0 saturated heterocycles. The molecule has 0 N–H and O–H groups in total. The van der Waals surface area contributed by atoms with E-state index in [1.54, 1.807) is 6.92 Å². The third-order valence-corrected chi connectivity index (χ3v) is 2.73. The molecule has 1 aliphatic rings. The minimum absolute atomic E-state index is 0.0680. The highest BCUT2D eigenvalue weighted by Gasteiger charge is 2.27. The summed E-state index contributed by atoms with van der Waals surface area (Å²) in [6.45, 7) is 3.58. The second kappa shape index (κ2) is 3.15. The number of pyridine rings is 1. The normalized spacial score (nSPS) is 20.8. The topological polar surface area (TPSA) is 30.0 Å². The average Bonchev–Trinajstić information content (AvgIpc) is 2.10. The number of carbonyl (C=O) groups is 1. The maximum atomic E-state index is 13.4. The van der Waals surface area contributed by atoms with E-state index in [-0.39, 0.29) is 17.3 Å². The quantitative estimate of drug-likeness (QED) is 0.592. The fourth-order valence-electron chi connectivity index (χ4n) is 1.91. The number of aryl methyl sites for hydroxylation is 2. The van der Waals surface area contributed by atoms with Crippen molar-refractivity contribution in [3.8, 4) is 0 Å². The maximum Gasteiger partial charge on any atom is 0.224 e. The molecule has 3 heteroatoms. The Labute approximate surface area is 82.2 Å². The number of fused-ring (bicyclic) bond motifs is 1. The van der Waals surface area contributed by atoms with Crippen LogP contribution >= 0.6 is 0 Å². The summed E-state index contributed by atoms with van der Waals surface area (Å²) in [5.74, 6) is -0.769. The highest BCUT2D eigenvalue weighted by Crippen LogP contribution is 2.26. The molecule has 0 saturated carbocycles. The fourth-order valence-corrected chi connectivity index (χ4v) is 1.91. The van der Waals surface area contributed by atoms with Gasteiger partial charge in [0, 0.05) is 11.6 Å². The lowest BCUT2D eigenvalue weighted by Crippen LogP contribution is -2.22. The number of rotatable bonds is 0. The molecular formula is C11H12FNO. The first kappa shape index (κ1) is 9.31. The van der Waals surface area contributed by atoms with Gasteiger partial charge in [-0.1, -0.05) is 6.92 Å². The van der Waals surface area contributed by atoms with E-state index >= 15 is 0 Å². The lowest BCUT2D eigenvalue weighted by atomic mass is 9.84. The molecule has 0 bridgehead atoms. The van der Waals surface area contributed by atoms with Crippen LogP contribution in [0.1, 0.15) is 35.0 Å². The molecule has 2 nitrogen and oxygen atoms in total. The zero-order chi connectivity index (χ0) is 10.3. The molecule has 1 aromatic heterocycles. The first-order chi connectivity index (χ1) is 6.59. The predicted molar refractivity (Wildman–Crippen MR) is 50.7 cm³/mol. The molecule has 1 aliphatic carbocycles. The Bertz CT molecular complexity index is 401. The summed E-state index contributed by atoms with van der Waals surface area (Å²) in [4.78, 5) is 15.4. The van der Waals surface area contributed by atoms with Gasteiger partial charge >= 0.3 is 0 Å². The van der Waals surface area contributed by atoms with E-state index in [4.69, 9.17) is 0 Å². The van der Waals surface area contributed by atoms with E-state index < -0.39 is 5.95 Å². The van der Waals surface area contributed by atoms with Gasteiger partial charge in [-0.3, -0.25) is 4.79 Å². The number of aromatic nitrogens is 1. The van der Waals surface area contributed by atoms with Crippen LogP contribution in [0, 0.1) is 18.8 Å². The third kappa shape index (κ3) is 1.33. The minimum atomic E-state index is -0.600. The van der Waals surface area contributed by atoms with Crippen LogP contribution < -0.4 is 0 Å². The zero-order valence-corrected chi connectivity index (χ0v) is 8.30. The first-order valence-corrected chi connectivity index (χ1v) is 4.80. The van der Waals surface area contributed by atoms with Gasteiger partial charge in [0.25, 0.3) is 0 Å². The molecule has 1 heterocycles. The van der Waals surface area contributed by atoms with E-state index in [0.29, 0.717) is 5.69 Å². The minimum Gasteiger partial charge on any atom is -0.294 e. The van der Waals surface area contributed by atoms with Gasteiger partial charge in [-0.2, -0.15) is 4.39 Å². The molecule has 0 amide bonds. The number of Topliss-reactive ketones (excluding diaryl/α,β-unsaturated/α-hetero) is 1. The maximum absolute atomic E-state index is 13.4.